The molecule has 0 heterocycles. The van der Waals surface area contributed by atoms with E-state index in [1.165, 1.54) is 24.3 Å². The lowest BCUT2D eigenvalue weighted by Gasteiger charge is -2.28. The lowest BCUT2D eigenvalue weighted by molar-refractivity contribution is -0.538. The fourth-order valence-corrected chi connectivity index (χ4v) is 3.92. The Kier molecular flexibility index (Phi) is 3.33. The fraction of sp³-hybridized carbons (Fsp3) is 0.0526. The summed E-state index contributed by atoms with van der Waals surface area (Å²) in [6.07, 6.45) is 0. The van der Waals surface area contributed by atoms with Gasteiger partial charge < -0.3 is 0 Å². The lowest BCUT2D eigenvalue weighted by atomic mass is 9.71. The van der Waals surface area contributed by atoms with Crippen LogP contribution in [0.3, 0.4) is 0 Å². The highest BCUT2D eigenvalue weighted by Gasteiger charge is 2.62. The molecule has 0 fully saturated rings. The third-order valence-electron chi connectivity index (χ3n) is 4.60. The zero-order valence-corrected chi connectivity index (χ0v) is 14.3. The Morgan fingerprint density at radius 2 is 1.48 bits per heavy atom. The van der Waals surface area contributed by atoms with Crippen molar-refractivity contribution in [2.45, 2.75) is 5.54 Å². The molecule has 122 valence electrons. The maximum Gasteiger partial charge on any atom is 0.370 e. The number of carbonyl (C=O) groups excluding carboxylic acids is 2. The molecule has 0 spiro atoms. The van der Waals surface area contributed by atoms with Crippen LogP contribution in [-0.2, 0) is 5.54 Å². The summed E-state index contributed by atoms with van der Waals surface area (Å²) in [6.45, 7) is 0. The number of benzene rings is 3. The maximum absolute atomic E-state index is 13.2. The third kappa shape index (κ3) is 1.88. The molecule has 0 aliphatic heterocycles. The highest BCUT2D eigenvalue weighted by Crippen LogP contribution is 2.42. The molecule has 1 aliphatic rings. The molecule has 3 aromatic carbocycles. The number of Topliss-reactive ketones (excluding diaryl/α,β-unsaturated/α-hetero) is 2. The molecule has 6 heteroatoms. The van der Waals surface area contributed by atoms with E-state index in [2.05, 4.69) is 15.9 Å². The Labute approximate surface area is 150 Å². The molecule has 0 aromatic heterocycles. The van der Waals surface area contributed by atoms with E-state index >= 15 is 0 Å². The summed E-state index contributed by atoms with van der Waals surface area (Å²) in [5.41, 5.74) is -2.00. The van der Waals surface area contributed by atoms with Gasteiger partial charge in [-0.15, -0.1) is 0 Å². The Morgan fingerprint density at radius 3 is 2.12 bits per heavy atom. The van der Waals surface area contributed by atoms with Crippen LogP contribution in [0.4, 0.5) is 0 Å². The molecule has 1 atom stereocenters. The van der Waals surface area contributed by atoms with E-state index in [1.807, 2.05) is 0 Å². The zero-order valence-electron chi connectivity index (χ0n) is 12.7. The summed E-state index contributed by atoms with van der Waals surface area (Å²) < 4.78 is 0.724. The van der Waals surface area contributed by atoms with E-state index in [-0.39, 0.29) is 16.7 Å². The molecular weight excluding hydrogens is 386 g/mol. The van der Waals surface area contributed by atoms with Crippen molar-refractivity contribution in [3.63, 3.8) is 0 Å². The first-order valence-corrected chi connectivity index (χ1v) is 8.29. The van der Waals surface area contributed by atoms with Gasteiger partial charge in [-0.1, -0.05) is 64.5 Å². The topological polar surface area (TPSA) is 77.3 Å². The van der Waals surface area contributed by atoms with Crippen molar-refractivity contribution in [1.29, 1.82) is 0 Å². The number of hydrogen-bond donors (Lipinski definition) is 0. The second kappa shape index (κ2) is 5.32. The van der Waals surface area contributed by atoms with Gasteiger partial charge in [0, 0.05) is 31.5 Å². The number of nitrogens with zero attached hydrogens (tertiary/aromatic N) is 1. The van der Waals surface area contributed by atoms with E-state index in [0.29, 0.717) is 10.8 Å². The van der Waals surface area contributed by atoms with Gasteiger partial charge in [-0.3, -0.25) is 19.7 Å². The van der Waals surface area contributed by atoms with Gasteiger partial charge in [0.1, 0.15) is 0 Å². The van der Waals surface area contributed by atoms with Gasteiger partial charge in [-0.2, -0.15) is 0 Å². The smallest absolute Gasteiger partial charge is 0.285 e. The van der Waals surface area contributed by atoms with Crippen LogP contribution in [-0.4, -0.2) is 16.5 Å². The van der Waals surface area contributed by atoms with Crippen LogP contribution < -0.4 is 0 Å². The first-order valence-electron chi connectivity index (χ1n) is 7.50. The van der Waals surface area contributed by atoms with Crippen molar-refractivity contribution < 1.29 is 14.5 Å². The molecule has 0 saturated heterocycles. The minimum absolute atomic E-state index is 0.0700. The first-order chi connectivity index (χ1) is 12.0. The minimum atomic E-state index is -2.45. The molecule has 4 rings (SSSR count). The molecule has 0 radical (unpaired) electrons. The summed E-state index contributed by atoms with van der Waals surface area (Å²) >= 11 is 3.40. The first kappa shape index (κ1) is 15.7. The van der Waals surface area contributed by atoms with Gasteiger partial charge in [-0.25, -0.2) is 0 Å². The normalized spacial score (nSPS) is 19.2. The fourth-order valence-electron chi connectivity index (χ4n) is 3.46. The molecule has 0 N–H and O–H groups in total. The summed E-state index contributed by atoms with van der Waals surface area (Å²) in [5.74, 6) is -1.60. The number of halogens is 1. The number of ketones is 2. The van der Waals surface area contributed by atoms with Gasteiger partial charge in [0.05, 0.1) is 0 Å². The molecule has 25 heavy (non-hydrogen) atoms. The highest BCUT2D eigenvalue weighted by molar-refractivity contribution is 9.10. The van der Waals surface area contributed by atoms with Gasteiger partial charge >= 0.3 is 5.54 Å². The molecule has 0 bridgehead atoms. The van der Waals surface area contributed by atoms with Crippen LogP contribution in [0.1, 0.15) is 26.3 Å². The van der Waals surface area contributed by atoms with E-state index in [1.54, 1.807) is 36.4 Å². The van der Waals surface area contributed by atoms with Crippen molar-refractivity contribution >= 4 is 38.3 Å². The van der Waals surface area contributed by atoms with Crippen LogP contribution in [0.25, 0.3) is 10.8 Å². The number of carbonyl (C=O) groups is 2. The molecule has 0 amide bonds. The Balaban J connectivity index is 2.15. The monoisotopic (exact) mass is 395 g/mol. The Bertz CT molecular complexity index is 1050. The van der Waals surface area contributed by atoms with Crippen LogP contribution in [0.15, 0.2) is 65.1 Å². The van der Waals surface area contributed by atoms with Crippen molar-refractivity contribution in [2.75, 3.05) is 0 Å². The van der Waals surface area contributed by atoms with Crippen molar-refractivity contribution in [1.82, 2.24) is 0 Å². The van der Waals surface area contributed by atoms with Crippen molar-refractivity contribution in [3.8, 4) is 0 Å². The van der Waals surface area contributed by atoms with Gasteiger partial charge in [-0.05, 0) is 17.5 Å². The largest absolute Gasteiger partial charge is 0.370 e. The SMILES string of the molecule is O=C1c2cccc3c(Br)ccc(c23)C(=O)C1(c1ccccc1)[N+](=O)[O-]. The van der Waals surface area contributed by atoms with Crippen LogP contribution in [0, 0.1) is 10.1 Å². The van der Waals surface area contributed by atoms with Crippen molar-refractivity contribution in [2.24, 2.45) is 0 Å². The van der Waals surface area contributed by atoms with E-state index < -0.39 is 22.0 Å². The van der Waals surface area contributed by atoms with E-state index in [0.717, 1.165) is 4.47 Å². The van der Waals surface area contributed by atoms with Crippen LogP contribution in [0.2, 0.25) is 0 Å². The second-order valence-corrected chi connectivity index (χ2v) is 6.67. The molecule has 5 nitrogen and oxygen atoms in total. The van der Waals surface area contributed by atoms with Crippen molar-refractivity contribution in [3.05, 3.63) is 91.9 Å². The summed E-state index contributed by atoms with van der Waals surface area (Å²) in [6, 6.07) is 15.9. The maximum atomic E-state index is 13.2. The number of rotatable bonds is 2. The highest BCUT2D eigenvalue weighted by atomic mass is 79.9. The van der Waals surface area contributed by atoms with E-state index in [4.69, 9.17) is 0 Å². The minimum Gasteiger partial charge on any atom is -0.285 e. The number of hydrogen-bond acceptors (Lipinski definition) is 4. The molecule has 3 aromatic rings. The average Bonchev–Trinajstić information content (AvgIpc) is 2.62. The molecule has 1 aliphatic carbocycles. The van der Waals surface area contributed by atoms with E-state index in [9.17, 15) is 19.7 Å². The average molecular weight is 396 g/mol. The molecular formula is C19H10BrNO4. The Morgan fingerprint density at radius 1 is 0.840 bits per heavy atom. The molecule has 0 saturated carbocycles. The Hall–Kier alpha value is -2.86. The summed E-state index contributed by atoms with van der Waals surface area (Å²) in [4.78, 5) is 37.7. The van der Waals surface area contributed by atoms with Gasteiger partial charge in [0.25, 0.3) is 11.6 Å². The quantitative estimate of drug-likeness (QED) is 0.370. The van der Waals surface area contributed by atoms with Crippen LogP contribution >= 0.6 is 15.9 Å². The zero-order chi connectivity index (χ0) is 17.8. The lowest BCUT2D eigenvalue weighted by Crippen LogP contribution is -2.52. The predicted octanol–water partition coefficient (Wildman–Crippen LogP) is 4.15. The van der Waals surface area contributed by atoms with Crippen LogP contribution in [0.5, 0.6) is 0 Å². The third-order valence-corrected chi connectivity index (χ3v) is 5.29. The standard InChI is InChI=1S/C19H10BrNO4/c20-15-10-9-14-16-12(15)7-4-8-13(16)17(22)19(18(14)23,21(24)25)11-5-2-1-3-6-11/h1-10H. The van der Waals surface area contributed by atoms with Gasteiger partial charge in [0.15, 0.2) is 0 Å². The predicted molar refractivity (Wildman–Crippen MR) is 95.4 cm³/mol. The summed E-state index contributed by atoms with van der Waals surface area (Å²) in [7, 11) is 0. The van der Waals surface area contributed by atoms with Gasteiger partial charge in [0.2, 0.25) is 0 Å². The molecule has 1 unspecified atom stereocenters. The second-order valence-electron chi connectivity index (χ2n) is 5.81. The summed E-state index contributed by atoms with van der Waals surface area (Å²) in [5, 5.41) is 13.2. The number of nitro groups is 1.